The Morgan fingerprint density at radius 3 is 2.18 bits per heavy atom. The van der Waals surface area contributed by atoms with E-state index in [1.54, 1.807) is 40.8 Å². The van der Waals surface area contributed by atoms with Gasteiger partial charge in [-0.25, -0.2) is 13.3 Å². The molecular formula is C54H88F3N5O16S. The van der Waals surface area contributed by atoms with Gasteiger partial charge in [0.15, 0.2) is 12.6 Å². The summed E-state index contributed by atoms with van der Waals surface area (Å²) in [6.45, 7) is 16.5. The van der Waals surface area contributed by atoms with Gasteiger partial charge < -0.3 is 72.8 Å². The summed E-state index contributed by atoms with van der Waals surface area (Å²) in [6.07, 6.45) is -9.08. The number of esters is 1. The molecule has 0 bridgehead atoms. The third-order valence-electron chi connectivity index (χ3n) is 16.5. The van der Waals surface area contributed by atoms with Gasteiger partial charge in [0.05, 0.1) is 59.0 Å². The van der Waals surface area contributed by atoms with E-state index in [1.807, 2.05) is 39.6 Å². The number of rotatable bonds is 21. The van der Waals surface area contributed by atoms with Gasteiger partial charge in [-0.1, -0.05) is 50.2 Å². The monoisotopic (exact) mass is 1150 g/mol. The van der Waals surface area contributed by atoms with E-state index in [9.17, 15) is 42.6 Å². The number of carbonyl (C=O) groups is 1. The van der Waals surface area contributed by atoms with Gasteiger partial charge in [0.1, 0.15) is 53.5 Å². The second kappa shape index (κ2) is 28.8. The Hall–Kier alpha value is -3.28. The first kappa shape index (κ1) is 66.5. The van der Waals surface area contributed by atoms with Gasteiger partial charge in [-0.15, -0.1) is 5.10 Å². The van der Waals surface area contributed by atoms with Gasteiger partial charge in [-0.3, -0.25) is 4.79 Å². The minimum Gasteiger partial charge on any atom is -0.459 e. The summed E-state index contributed by atoms with van der Waals surface area (Å²) in [4.78, 5) is 22.1. The molecule has 0 aliphatic carbocycles. The number of benzene rings is 1. The molecule has 4 heterocycles. The molecular weight excluding hydrogens is 1060 g/mol. The molecule has 0 spiro atoms. The highest BCUT2D eigenvalue weighted by Gasteiger charge is 2.54. The van der Waals surface area contributed by atoms with Crippen LogP contribution < -0.4 is 0 Å². The molecule has 4 N–H and O–H groups in total. The van der Waals surface area contributed by atoms with Crippen molar-refractivity contribution in [2.24, 2.45) is 28.8 Å². The predicted molar refractivity (Wildman–Crippen MR) is 283 cm³/mol. The molecule has 3 saturated heterocycles. The van der Waals surface area contributed by atoms with Crippen molar-refractivity contribution in [2.45, 2.75) is 208 Å². The topological polar surface area (TPSA) is 254 Å². The first-order valence-electron chi connectivity index (χ1n) is 27.0. The highest BCUT2D eigenvalue weighted by atomic mass is 32.2. The van der Waals surface area contributed by atoms with E-state index < -0.39 is 149 Å². The molecule has 2 aromatic rings. The number of halogens is 3. The molecule has 79 heavy (non-hydrogen) atoms. The number of carbonyl (C=O) groups excluding carboxylic acids is 1. The van der Waals surface area contributed by atoms with E-state index in [4.69, 9.17) is 47.5 Å². The molecule has 1 aromatic carbocycles. The zero-order chi connectivity index (χ0) is 58.9. The fourth-order valence-corrected chi connectivity index (χ4v) is 12.2. The van der Waals surface area contributed by atoms with E-state index in [0.717, 1.165) is 0 Å². The zero-order valence-electron chi connectivity index (χ0n) is 48.4. The summed E-state index contributed by atoms with van der Waals surface area (Å²) in [5.41, 5.74) is -3.15. The number of hydrogen-bond acceptors (Lipinski definition) is 20. The molecule has 3 fully saturated rings. The maximum Gasteiger partial charge on any atom is 0.316 e. The van der Waals surface area contributed by atoms with Crippen molar-refractivity contribution in [1.29, 1.82) is 0 Å². The van der Waals surface area contributed by atoms with Gasteiger partial charge in [0.25, 0.3) is 0 Å². The Kier molecular flexibility index (Phi) is 24.3. The van der Waals surface area contributed by atoms with Crippen LogP contribution in [-0.4, -0.2) is 202 Å². The lowest BCUT2D eigenvalue weighted by atomic mass is 9.73. The van der Waals surface area contributed by atoms with Crippen molar-refractivity contribution in [3.63, 3.8) is 0 Å². The van der Waals surface area contributed by atoms with E-state index in [2.05, 4.69) is 15.5 Å². The van der Waals surface area contributed by atoms with Gasteiger partial charge >= 0.3 is 11.7 Å². The van der Waals surface area contributed by atoms with Crippen molar-refractivity contribution in [3.05, 3.63) is 41.7 Å². The first-order valence-corrected chi connectivity index (χ1v) is 28.2. The van der Waals surface area contributed by atoms with Gasteiger partial charge in [-0.05, 0) is 85.5 Å². The number of alkyl halides is 3. The van der Waals surface area contributed by atoms with Gasteiger partial charge in [0.2, 0.25) is 6.79 Å². The molecule has 0 radical (unpaired) electrons. The summed E-state index contributed by atoms with van der Waals surface area (Å²) >= 11 is 0. The second-order valence-corrected chi connectivity index (χ2v) is 23.7. The molecule has 25 heteroatoms. The maximum absolute atomic E-state index is 14.8. The summed E-state index contributed by atoms with van der Waals surface area (Å²) < 4.78 is 110. The van der Waals surface area contributed by atoms with Crippen LogP contribution in [0.5, 0.6) is 0 Å². The summed E-state index contributed by atoms with van der Waals surface area (Å²) in [7, 11) is 5.13. The van der Waals surface area contributed by atoms with Crippen molar-refractivity contribution in [3.8, 4) is 0 Å². The third-order valence-corrected chi connectivity index (χ3v) is 17.6. The van der Waals surface area contributed by atoms with Crippen LogP contribution in [-0.2, 0) is 69.5 Å². The summed E-state index contributed by atoms with van der Waals surface area (Å²) in [5, 5.41) is 60.7. The van der Waals surface area contributed by atoms with Crippen LogP contribution >= 0.6 is 0 Å². The molecule has 0 amide bonds. The molecule has 452 valence electrons. The average molecular weight is 1150 g/mol. The van der Waals surface area contributed by atoms with E-state index in [0.29, 0.717) is 36.4 Å². The number of likely N-dealkylation sites (N-methyl/N-ethyl adjacent to an activating group) is 1. The fraction of sp³-hybridized carbons (Fsp3) is 0.815. The number of cyclic esters (lactones) is 1. The van der Waals surface area contributed by atoms with Crippen LogP contribution in [0.1, 0.15) is 118 Å². The molecule has 5 rings (SSSR count). The molecule has 21 atom stereocenters. The van der Waals surface area contributed by atoms with Crippen LogP contribution in [0.3, 0.4) is 0 Å². The van der Waals surface area contributed by atoms with Crippen molar-refractivity contribution < 1.29 is 90.1 Å². The number of methoxy groups -OCH3 is 4. The van der Waals surface area contributed by atoms with Crippen LogP contribution in [0, 0.1) is 23.7 Å². The highest BCUT2D eigenvalue weighted by molar-refractivity contribution is 7.85. The zero-order valence-corrected chi connectivity index (χ0v) is 49.2. The largest absolute Gasteiger partial charge is 0.459 e. The van der Waals surface area contributed by atoms with Crippen molar-refractivity contribution in [2.75, 3.05) is 55.5 Å². The standard InChI is InChI=1S/C54H88F3N5O16S/c1-16-40-54(10,67)46(64)31(4)42(59-73-28-69-12)29(2)24-53(9,72-15)48(32(5)44(33(6)49(66)76-40)77-41-25-52(8,71-14)47(65)34(7)75-41)78-50-43(63)38(23-30(3)74-50)61(11)22-21-36-27-62(60-58-36)39(26-55)45(70-13)35-17-19-37(20-18-35)79(68)51(56)57/h17-20,27,29-34,38-41,43-48,50-51,63-65,67H,16,21-26,28H2,1-15H3/b59-42+/t29-,30-,31+,32+,33-,34+,38+,39-,40-,41+,43-,44+,45-,46-,47+,48-,50+,52-,53-,54-,79?/m1/s1. The van der Waals surface area contributed by atoms with E-state index in [-0.39, 0.29) is 31.0 Å². The number of aromatic nitrogens is 3. The lowest BCUT2D eigenvalue weighted by molar-refractivity contribution is -0.319. The SMILES string of the molecule is CC[C@H]1OC(=O)[C@H](C)[C@@H](O[C@H]2C[C@@](C)(OC)[C@@H](O)[C@H](C)O2)[C@H](C)[C@@H](O[C@@H]2O[C@H](C)C[C@H](N(C)CCc3cn([C@H](CF)[C@H](OC)c4ccc(S(=O)C(F)F)cc4)nn3)[C@H]2O)[C@](C)(OC)C[C@@H](C)/C(=N\OCOC)[C@H](C)[C@@H](O)[C@]1(C)O. The second-order valence-electron chi connectivity index (χ2n) is 22.2. The molecule has 3 aliphatic heterocycles. The summed E-state index contributed by atoms with van der Waals surface area (Å²) in [5.74, 6) is -7.19. The minimum atomic E-state index is -3.06. The van der Waals surface area contributed by atoms with Crippen LogP contribution in [0.4, 0.5) is 13.2 Å². The smallest absolute Gasteiger partial charge is 0.316 e. The molecule has 1 aromatic heterocycles. The first-order chi connectivity index (χ1) is 37.2. The number of ether oxygens (including phenoxy) is 9. The molecule has 0 saturated carbocycles. The molecule has 3 aliphatic rings. The van der Waals surface area contributed by atoms with E-state index >= 15 is 0 Å². The van der Waals surface area contributed by atoms with Crippen LogP contribution in [0.25, 0.3) is 0 Å². The third kappa shape index (κ3) is 15.5. The lowest BCUT2D eigenvalue weighted by Crippen LogP contribution is -2.61. The Morgan fingerprint density at radius 2 is 1.59 bits per heavy atom. The normalized spacial score (nSPS) is 38.1. The Bertz CT molecular complexity index is 2280. The fourth-order valence-electron chi connectivity index (χ4n) is 11.6. The Balaban J connectivity index is 1.50. The molecule has 21 nitrogen and oxygen atoms in total. The number of hydrogen-bond donors (Lipinski definition) is 4. The summed E-state index contributed by atoms with van der Waals surface area (Å²) in [6, 6.07) is 3.96. The van der Waals surface area contributed by atoms with Crippen LogP contribution in [0.15, 0.2) is 40.5 Å². The van der Waals surface area contributed by atoms with Crippen molar-refractivity contribution >= 4 is 22.5 Å². The van der Waals surface area contributed by atoms with Crippen LogP contribution in [0.2, 0.25) is 0 Å². The number of nitrogens with zero attached hydrogens (tertiary/aromatic N) is 5. The number of aliphatic hydroxyl groups is 4. The predicted octanol–water partition coefficient (Wildman–Crippen LogP) is 5.28. The lowest BCUT2D eigenvalue weighted by Gasteiger charge is -2.50. The van der Waals surface area contributed by atoms with Gasteiger partial charge in [0, 0.05) is 82.7 Å². The Morgan fingerprint density at radius 1 is 0.937 bits per heavy atom. The van der Waals surface area contributed by atoms with E-state index in [1.165, 1.54) is 64.3 Å². The quantitative estimate of drug-likeness (QED) is 0.0537. The number of oxime groups is 1. The number of aliphatic hydroxyl groups excluding tert-OH is 3. The van der Waals surface area contributed by atoms with Crippen molar-refractivity contribution in [1.82, 2.24) is 19.9 Å². The molecule has 1 unspecified atom stereocenters. The highest BCUT2D eigenvalue weighted by Crippen LogP contribution is 2.42. The minimum absolute atomic E-state index is 0.0603. The maximum atomic E-state index is 14.8. The van der Waals surface area contributed by atoms with Gasteiger partial charge in [-0.2, -0.15) is 8.78 Å². The Labute approximate surface area is 465 Å². The average Bonchev–Trinajstić information content (AvgIpc) is 3.90.